The zero-order chi connectivity index (χ0) is 28.8. The Morgan fingerprint density at radius 3 is 2.30 bits per heavy atom. The SMILES string of the molecule is Cc1c(C(=O)NC2CN3CCC2CC3)cc(C2=CC=C(S(=O)(=O)NC(C)(C)C)C(Cl)C2Cl)n1CC1CCCCC1. The Labute approximate surface area is 249 Å². The van der Waals surface area contributed by atoms with Gasteiger partial charge in [-0.05, 0) is 96.0 Å². The quantitative estimate of drug-likeness (QED) is 0.404. The van der Waals surface area contributed by atoms with Crippen molar-refractivity contribution in [2.45, 2.75) is 102 Å². The summed E-state index contributed by atoms with van der Waals surface area (Å²) in [5.74, 6) is 1.03. The van der Waals surface area contributed by atoms with Crippen LogP contribution in [0.3, 0.4) is 0 Å². The van der Waals surface area contributed by atoms with Crippen LogP contribution in [0.4, 0.5) is 0 Å². The van der Waals surface area contributed by atoms with Crippen molar-refractivity contribution in [2.75, 3.05) is 19.6 Å². The first-order chi connectivity index (χ1) is 18.8. The molecule has 7 nitrogen and oxygen atoms in total. The van der Waals surface area contributed by atoms with Crippen molar-refractivity contribution in [3.05, 3.63) is 40.1 Å². The highest BCUT2D eigenvalue weighted by atomic mass is 35.5. The summed E-state index contributed by atoms with van der Waals surface area (Å²) in [7, 11) is -3.82. The number of piperidine rings is 3. The summed E-state index contributed by atoms with van der Waals surface area (Å²) in [6.45, 7) is 11.4. The van der Waals surface area contributed by atoms with E-state index in [1.807, 2.05) is 13.0 Å². The number of nitrogens with one attached hydrogen (secondary N) is 2. The molecular formula is C30H44Cl2N4O3S. The predicted molar refractivity (Wildman–Crippen MR) is 163 cm³/mol. The zero-order valence-electron chi connectivity index (χ0n) is 24.2. The highest BCUT2D eigenvalue weighted by Crippen LogP contribution is 2.39. The average Bonchev–Trinajstić information content (AvgIpc) is 3.21. The fraction of sp³-hybridized carbons (Fsp3) is 0.700. The Morgan fingerprint density at radius 2 is 1.70 bits per heavy atom. The molecule has 2 N–H and O–H groups in total. The van der Waals surface area contributed by atoms with Crippen LogP contribution in [0.5, 0.6) is 0 Å². The number of allylic oxidation sites excluding steroid dienone is 4. The van der Waals surface area contributed by atoms with Crippen LogP contribution in [0, 0.1) is 18.8 Å². The van der Waals surface area contributed by atoms with Crippen molar-refractivity contribution < 1.29 is 13.2 Å². The summed E-state index contributed by atoms with van der Waals surface area (Å²) >= 11 is 13.7. The maximum atomic E-state index is 13.7. The number of fused-ring (bicyclic) bond motifs is 3. The number of aromatic nitrogens is 1. The lowest BCUT2D eigenvalue weighted by Gasteiger charge is -2.44. The van der Waals surface area contributed by atoms with Gasteiger partial charge in [-0.1, -0.05) is 25.3 Å². The molecule has 1 aromatic heterocycles. The molecule has 3 aliphatic heterocycles. The van der Waals surface area contributed by atoms with Gasteiger partial charge >= 0.3 is 0 Å². The highest BCUT2D eigenvalue weighted by Gasteiger charge is 2.39. The Hall–Kier alpha value is -1.32. The van der Waals surface area contributed by atoms with Crippen molar-refractivity contribution >= 4 is 44.7 Å². The topological polar surface area (TPSA) is 83.4 Å². The number of carbonyl (C=O) groups excluding carboxylic acids is 1. The molecule has 0 spiro atoms. The first-order valence-electron chi connectivity index (χ1n) is 14.8. The molecule has 4 heterocycles. The molecule has 3 saturated heterocycles. The van der Waals surface area contributed by atoms with Gasteiger partial charge in [-0.2, -0.15) is 0 Å². The summed E-state index contributed by atoms with van der Waals surface area (Å²) in [6.07, 6.45) is 11.7. The largest absolute Gasteiger partial charge is 0.348 e. The Bertz CT molecular complexity index is 1280. The standard InChI is InChI=1S/C30H44Cl2N4O3S/c1-19-23(29(37)33-24-18-35-14-12-21(24)13-15-35)16-25(36(19)17-20-8-6-5-7-9-20)22-10-11-26(28(32)27(22)31)40(38,39)34-30(2,3)4/h10-11,16,20-21,24,27-28,34H,5-9,12-15,17-18H2,1-4H3,(H,33,37). The van der Waals surface area contributed by atoms with Crippen molar-refractivity contribution in [3.8, 4) is 0 Å². The summed E-state index contributed by atoms with van der Waals surface area (Å²) in [5, 5.41) is 1.64. The summed E-state index contributed by atoms with van der Waals surface area (Å²) in [6, 6.07) is 2.12. The lowest BCUT2D eigenvalue weighted by atomic mass is 9.84. The number of sulfonamides is 1. The van der Waals surface area contributed by atoms with Gasteiger partial charge in [0.2, 0.25) is 10.0 Å². The third kappa shape index (κ3) is 6.36. The van der Waals surface area contributed by atoms with E-state index in [1.54, 1.807) is 32.9 Å². The van der Waals surface area contributed by atoms with Crippen LogP contribution in [0.15, 0.2) is 23.1 Å². The molecule has 2 aliphatic carbocycles. The molecule has 4 fully saturated rings. The molecule has 0 aromatic carbocycles. The smallest absolute Gasteiger partial charge is 0.253 e. The second-order valence-corrected chi connectivity index (χ2v) is 15.8. The zero-order valence-corrected chi connectivity index (χ0v) is 26.5. The minimum Gasteiger partial charge on any atom is -0.348 e. The lowest BCUT2D eigenvalue weighted by Crippen LogP contribution is -2.57. The van der Waals surface area contributed by atoms with Crippen molar-refractivity contribution in [1.29, 1.82) is 0 Å². The van der Waals surface area contributed by atoms with Crippen LogP contribution >= 0.6 is 23.2 Å². The molecule has 222 valence electrons. The third-order valence-corrected chi connectivity index (χ3v) is 12.2. The number of hydrogen-bond donors (Lipinski definition) is 2. The van der Waals surface area contributed by atoms with Crippen molar-refractivity contribution in [1.82, 2.24) is 19.5 Å². The van der Waals surface area contributed by atoms with Crippen LogP contribution in [0.2, 0.25) is 0 Å². The molecule has 3 unspecified atom stereocenters. The van der Waals surface area contributed by atoms with Gasteiger partial charge in [-0.25, -0.2) is 13.1 Å². The molecule has 1 amide bonds. The fourth-order valence-corrected chi connectivity index (χ4v) is 9.50. The molecule has 10 heteroatoms. The van der Waals surface area contributed by atoms with Gasteiger partial charge in [0.05, 0.1) is 21.2 Å². The van der Waals surface area contributed by atoms with Crippen molar-refractivity contribution in [2.24, 2.45) is 11.8 Å². The number of amides is 1. The van der Waals surface area contributed by atoms with Crippen LogP contribution in [0.1, 0.15) is 87.5 Å². The van der Waals surface area contributed by atoms with Gasteiger partial charge in [0, 0.05) is 36.1 Å². The van der Waals surface area contributed by atoms with Gasteiger partial charge in [-0.3, -0.25) is 4.79 Å². The van der Waals surface area contributed by atoms with Gasteiger partial charge in [0.25, 0.3) is 5.91 Å². The molecule has 0 radical (unpaired) electrons. The van der Waals surface area contributed by atoms with E-state index in [2.05, 4.69) is 19.5 Å². The van der Waals surface area contributed by atoms with Gasteiger partial charge in [0.1, 0.15) is 0 Å². The molecule has 1 aromatic rings. The minimum absolute atomic E-state index is 0.0435. The van der Waals surface area contributed by atoms with Gasteiger partial charge < -0.3 is 14.8 Å². The van der Waals surface area contributed by atoms with Crippen LogP contribution < -0.4 is 10.0 Å². The molecule has 40 heavy (non-hydrogen) atoms. The summed E-state index contributed by atoms with van der Waals surface area (Å²) in [4.78, 5) is 16.2. The second-order valence-electron chi connectivity index (χ2n) is 13.2. The van der Waals surface area contributed by atoms with Crippen LogP contribution in [-0.4, -0.2) is 65.8 Å². The number of halogens is 2. The predicted octanol–water partition coefficient (Wildman–Crippen LogP) is 5.41. The van der Waals surface area contributed by atoms with Gasteiger partial charge in [-0.15, -0.1) is 23.2 Å². The molecule has 6 rings (SSSR count). The number of nitrogens with zero attached hydrogens (tertiary/aromatic N) is 2. The normalized spacial score (nSPS) is 29.7. The van der Waals surface area contributed by atoms with Crippen LogP contribution in [-0.2, 0) is 16.6 Å². The molecule has 2 bridgehead atoms. The molecule has 5 aliphatic rings. The monoisotopic (exact) mass is 610 g/mol. The maximum Gasteiger partial charge on any atom is 0.253 e. The molecular weight excluding hydrogens is 567 g/mol. The number of alkyl halides is 2. The van der Waals surface area contributed by atoms with E-state index >= 15 is 0 Å². The van der Waals surface area contributed by atoms with Crippen molar-refractivity contribution in [3.63, 3.8) is 0 Å². The fourth-order valence-electron chi connectivity index (χ4n) is 6.94. The average molecular weight is 612 g/mol. The van der Waals surface area contributed by atoms with E-state index in [0.717, 1.165) is 56.0 Å². The van der Waals surface area contributed by atoms with E-state index in [9.17, 15) is 13.2 Å². The maximum absolute atomic E-state index is 13.7. The summed E-state index contributed by atoms with van der Waals surface area (Å²) < 4.78 is 31.1. The molecule has 1 saturated carbocycles. The van der Waals surface area contributed by atoms with E-state index in [4.69, 9.17) is 23.2 Å². The Morgan fingerprint density at radius 1 is 1.02 bits per heavy atom. The van der Waals surface area contributed by atoms with E-state index in [1.165, 1.54) is 32.1 Å². The number of carbonyl (C=O) groups is 1. The van der Waals surface area contributed by atoms with E-state index in [-0.39, 0.29) is 16.9 Å². The summed E-state index contributed by atoms with van der Waals surface area (Å²) in [5.41, 5.74) is 2.54. The lowest BCUT2D eigenvalue weighted by molar-refractivity contribution is 0.0620. The Balaban J connectivity index is 1.49. The van der Waals surface area contributed by atoms with E-state index in [0.29, 0.717) is 17.4 Å². The first-order valence-corrected chi connectivity index (χ1v) is 17.2. The van der Waals surface area contributed by atoms with E-state index < -0.39 is 26.3 Å². The van der Waals surface area contributed by atoms with Gasteiger partial charge in [0.15, 0.2) is 0 Å². The number of hydrogen-bond acceptors (Lipinski definition) is 4. The Kier molecular flexibility index (Phi) is 8.86. The number of rotatable bonds is 7. The minimum atomic E-state index is -3.82. The second kappa shape index (κ2) is 11.8. The third-order valence-electron chi connectivity index (χ3n) is 9.05. The first kappa shape index (κ1) is 30.1. The van der Waals surface area contributed by atoms with Crippen LogP contribution in [0.25, 0.3) is 5.57 Å². The highest BCUT2D eigenvalue weighted by molar-refractivity contribution is 7.93. The molecule has 3 atom stereocenters.